The maximum absolute atomic E-state index is 12.7. The lowest BCUT2D eigenvalue weighted by Gasteiger charge is -2.26. The molecule has 0 spiro atoms. The molecule has 1 fully saturated rings. The van der Waals surface area contributed by atoms with Gasteiger partial charge in [0.1, 0.15) is 5.75 Å². The zero-order chi connectivity index (χ0) is 21.3. The van der Waals surface area contributed by atoms with Crippen molar-refractivity contribution in [2.75, 3.05) is 25.0 Å². The highest BCUT2D eigenvalue weighted by atomic mass is 32.1. The maximum Gasteiger partial charge on any atom is 0.257 e. The fraction of sp³-hybridized carbons (Fsp3) is 0.348. The fourth-order valence-corrected chi connectivity index (χ4v) is 3.50. The Hall–Kier alpha value is -2.93. The summed E-state index contributed by atoms with van der Waals surface area (Å²) in [6.07, 6.45) is 4.16. The molecule has 1 heterocycles. The van der Waals surface area contributed by atoms with Crippen LogP contribution in [0.1, 0.15) is 53.3 Å². The zero-order valence-corrected chi connectivity index (χ0v) is 18.0. The standard InChI is InChI=1S/C23H27N3O3S/c1-2-14-29-20-11-7-8-17(16-20)21(27)25-23(30)24-19-10-6-9-18(15-19)22(28)26-12-4-3-5-13-26/h6-11,15-16H,2-5,12-14H2,1H3,(H2,24,25,27,30). The van der Waals surface area contributed by atoms with Crippen LogP contribution in [0.3, 0.4) is 0 Å². The lowest BCUT2D eigenvalue weighted by Crippen LogP contribution is -2.36. The van der Waals surface area contributed by atoms with E-state index >= 15 is 0 Å². The van der Waals surface area contributed by atoms with Crippen LogP contribution in [0.5, 0.6) is 5.75 Å². The maximum atomic E-state index is 12.7. The molecule has 3 rings (SSSR count). The molecule has 0 unspecified atom stereocenters. The van der Waals surface area contributed by atoms with Gasteiger partial charge in [-0.25, -0.2) is 0 Å². The van der Waals surface area contributed by atoms with Gasteiger partial charge in [0.25, 0.3) is 11.8 Å². The number of anilines is 1. The second-order valence-electron chi connectivity index (χ2n) is 7.22. The van der Waals surface area contributed by atoms with Crippen molar-refractivity contribution in [3.8, 4) is 5.75 Å². The van der Waals surface area contributed by atoms with Crippen molar-refractivity contribution in [1.29, 1.82) is 0 Å². The third kappa shape index (κ3) is 6.03. The normalized spacial score (nSPS) is 13.4. The van der Waals surface area contributed by atoms with Crippen LogP contribution in [0.2, 0.25) is 0 Å². The molecule has 2 N–H and O–H groups in total. The van der Waals surface area contributed by atoms with E-state index in [2.05, 4.69) is 10.6 Å². The first-order valence-electron chi connectivity index (χ1n) is 10.3. The summed E-state index contributed by atoms with van der Waals surface area (Å²) in [5, 5.41) is 5.83. The van der Waals surface area contributed by atoms with E-state index in [-0.39, 0.29) is 16.9 Å². The van der Waals surface area contributed by atoms with E-state index in [1.807, 2.05) is 24.0 Å². The van der Waals surface area contributed by atoms with Crippen molar-refractivity contribution >= 4 is 34.8 Å². The van der Waals surface area contributed by atoms with Crippen molar-refractivity contribution in [2.24, 2.45) is 0 Å². The van der Waals surface area contributed by atoms with E-state index in [9.17, 15) is 9.59 Å². The van der Waals surface area contributed by atoms with Gasteiger partial charge in [0.05, 0.1) is 6.61 Å². The van der Waals surface area contributed by atoms with Gasteiger partial charge >= 0.3 is 0 Å². The predicted molar refractivity (Wildman–Crippen MR) is 122 cm³/mol. The molecule has 2 amide bonds. The van der Waals surface area contributed by atoms with Crippen LogP contribution >= 0.6 is 12.2 Å². The van der Waals surface area contributed by atoms with Crippen molar-refractivity contribution in [1.82, 2.24) is 10.2 Å². The molecule has 0 atom stereocenters. The van der Waals surface area contributed by atoms with Crippen LogP contribution in [0.4, 0.5) is 5.69 Å². The van der Waals surface area contributed by atoms with Crippen LogP contribution in [-0.2, 0) is 0 Å². The predicted octanol–water partition coefficient (Wildman–Crippen LogP) is 4.23. The molecule has 1 saturated heterocycles. The number of hydrogen-bond acceptors (Lipinski definition) is 4. The van der Waals surface area contributed by atoms with E-state index in [0.717, 1.165) is 32.4 Å². The summed E-state index contributed by atoms with van der Waals surface area (Å²) in [7, 11) is 0. The lowest BCUT2D eigenvalue weighted by atomic mass is 10.1. The number of rotatable bonds is 6. The first kappa shape index (κ1) is 21.8. The molecule has 1 aliphatic heterocycles. The summed E-state index contributed by atoms with van der Waals surface area (Å²) in [6, 6.07) is 14.1. The molecule has 0 aromatic heterocycles. The smallest absolute Gasteiger partial charge is 0.257 e. The number of hydrogen-bond donors (Lipinski definition) is 2. The summed E-state index contributed by atoms with van der Waals surface area (Å²) >= 11 is 5.28. The Morgan fingerprint density at radius 3 is 2.53 bits per heavy atom. The van der Waals surface area contributed by atoms with E-state index < -0.39 is 0 Å². The number of amides is 2. The van der Waals surface area contributed by atoms with Crippen molar-refractivity contribution < 1.29 is 14.3 Å². The van der Waals surface area contributed by atoms with E-state index in [1.54, 1.807) is 36.4 Å². The monoisotopic (exact) mass is 425 g/mol. The Labute approximate surface area is 182 Å². The van der Waals surface area contributed by atoms with Crippen molar-refractivity contribution in [2.45, 2.75) is 32.6 Å². The molecule has 0 bridgehead atoms. The van der Waals surface area contributed by atoms with E-state index in [0.29, 0.717) is 29.2 Å². The summed E-state index contributed by atoms with van der Waals surface area (Å²) in [4.78, 5) is 27.1. The number of nitrogens with one attached hydrogen (secondary N) is 2. The number of ether oxygens (including phenoxy) is 1. The molecule has 1 aliphatic rings. The Morgan fingerprint density at radius 1 is 1.03 bits per heavy atom. The van der Waals surface area contributed by atoms with Crippen LogP contribution < -0.4 is 15.4 Å². The van der Waals surface area contributed by atoms with Crippen molar-refractivity contribution in [3.05, 3.63) is 59.7 Å². The minimum absolute atomic E-state index is 0.0252. The Kier molecular flexibility index (Phi) is 7.79. The minimum Gasteiger partial charge on any atom is -0.494 e. The van der Waals surface area contributed by atoms with Gasteiger partial charge in [0, 0.05) is 29.9 Å². The van der Waals surface area contributed by atoms with Gasteiger partial charge in [-0.2, -0.15) is 0 Å². The van der Waals surface area contributed by atoms with E-state index in [4.69, 9.17) is 17.0 Å². The molecule has 30 heavy (non-hydrogen) atoms. The second kappa shape index (κ2) is 10.7. The molecule has 2 aromatic rings. The fourth-order valence-electron chi connectivity index (χ4n) is 3.29. The molecular weight excluding hydrogens is 398 g/mol. The van der Waals surface area contributed by atoms with Crippen LogP contribution in [0, 0.1) is 0 Å². The Bertz CT molecular complexity index is 910. The topological polar surface area (TPSA) is 70.7 Å². The second-order valence-corrected chi connectivity index (χ2v) is 7.63. The first-order chi connectivity index (χ1) is 14.6. The lowest BCUT2D eigenvalue weighted by molar-refractivity contribution is 0.0724. The molecule has 6 nitrogen and oxygen atoms in total. The molecule has 158 valence electrons. The SMILES string of the molecule is CCCOc1cccc(C(=O)NC(=S)Nc2cccc(C(=O)N3CCCCC3)c2)c1. The van der Waals surface area contributed by atoms with Crippen LogP contribution in [-0.4, -0.2) is 41.5 Å². The quantitative estimate of drug-likeness (QED) is 0.678. The summed E-state index contributed by atoms with van der Waals surface area (Å²) in [6.45, 7) is 4.21. The highest BCUT2D eigenvalue weighted by Crippen LogP contribution is 2.17. The molecule has 0 aliphatic carbocycles. The highest BCUT2D eigenvalue weighted by molar-refractivity contribution is 7.80. The number of carbonyl (C=O) groups is 2. The average Bonchev–Trinajstić information content (AvgIpc) is 2.78. The van der Waals surface area contributed by atoms with Gasteiger partial charge in [-0.15, -0.1) is 0 Å². The Balaban J connectivity index is 1.59. The Morgan fingerprint density at radius 2 is 1.77 bits per heavy atom. The average molecular weight is 426 g/mol. The number of thiocarbonyl (C=S) groups is 1. The molecular formula is C23H27N3O3S. The summed E-state index contributed by atoms with van der Waals surface area (Å²) in [5.41, 5.74) is 1.72. The molecule has 7 heteroatoms. The number of likely N-dealkylation sites (tertiary alicyclic amines) is 1. The number of nitrogens with zero attached hydrogens (tertiary/aromatic N) is 1. The minimum atomic E-state index is -0.324. The summed E-state index contributed by atoms with van der Waals surface area (Å²) in [5.74, 6) is 0.347. The largest absolute Gasteiger partial charge is 0.494 e. The molecule has 0 saturated carbocycles. The van der Waals surface area contributed by atoms with E-state index in [1.165, 1.54) is 6.42 Å². The number of carbonyl (C=O) groups excluding carboxylic acids is 2. The zero-order valence-electron chi connectivity index (χ0n) is 17.1. The third-order valence-electron chi connectivity index (χ3n) is 4.81. The van der Waals surface area contributed by atoms with Gasteiger partial charge in [-0.3, -0.25) is 14.9 Å². The van der Waals surface area contributed by atoms with Gasteiger partial charge in [0.15, 0.2) is 5.11 Å². The van der Waals surface area contributed by atoms with Crippen LogP contribution in [0.15, 0.2) is 48.5 Å². The molecule has 2 aromatic carbocycles. The van der Waals surface area contributed by atoms with Crippen LogP contribution in [0.25, 0.3) is 0 Å². The van der Waals surface area contributed by atoms with Gasteiger partial charge in [-0.1, -0.05) is 19.1 Å². The number of benzene rings is 2. The van der Waals surface area contributed by atoms with Gasteiger partial charge in [0.2, 0.25) is 0 Å². The van der Waals surface area contributed by atoms with Crippen molar-refractivity contribution in [3.63, 3.8) is 0 Å². The first-order valence-corrected chi connectivity index (χ1v) is 10.7. The summed E-state index contributed by atoms with van der Waals surface area (Å²) < 4.78 is 5.57. The number of piperidine rings is 1. The molecule has 0 radical (unpaired) electrons. The third-order valence-corrected chi connectivity index (χ3v) is 5.01. The van der Waals surface area contributed by atoms with Gasteiger partial charge < -0.3 is 15.0 Å². The van der Waals surface area contributed by atoms with Gasteiger partial charge in [-0.05, 0) is 74.3 Å². The highest BCUT2D eigenvalue weighted by Gasteiger charge is 2.18.